The average molecular weight is 1050 g/mol. The summed E-state index contributed by atoms with van der Waals surface area (Å²) in [5.74, 6) is -1.34. The number of rotatable bonds is 29. The molecule has 14 nitrogen and oxygen atoms in total. The molecule has 0 aromatic heterocycles. The third-order valence-electron chi connectivity index (χ3n) is 12.2. The minimum Gasteiger partial charge on any atom is -0.463 e. The van der Waals surface area contributed by atoms with Crippen molar-refractivity contribution in [3.05, 3.63) is 145 Å². The molecule has 6 aromatic carbocycles. The lowest BCUT2D eigenvalue weighted by Crippen LogP contribution is -2.32. The molecule has 0 fully saturated rings. The van der Waals surface area contributed by atoms with Gasteiger partial charge in [-0.25, -0.2) is 9.59 Å². The van der Waals surface area contributed by atoms with E-state index < -0.39 is 10.8 Å². The van der Waals surface area contributed by atoms with Crippen LogP contribution in [0.15, 0.2) is 133 Å². The maximum absolute atomic E-state index is 13.2. The van der Waals surface area contributed by atoms with Crippen LogP contribution in [0.1, 0.15) is 65.5 Å². The fourth-order valence-corrected chi connectivity index (χ4v) is 7.58. The number of carbonyl (C=O) groups excluding carboxylic acids is 4. The lowest BCUT2D eigenvalue weighted by molar-refractivity contribution is -0.160. The SMILES string of the molecule is C=C(C)C(=O)OCCOCCOCCOC.C=C(C)C(=O)OCc1c2ccccc2cc2ccccc12.COCCOCCOCCOC(=O)C(C)(C)CCC(C)(C)C(=O)OCc1c2ccccc2cc2ccccc12. The Morgan fingerprint density at radius 3 is 1.04 bits per heavy atom. The lowest BCUT2D eigenvalue weighted by atomic mass is 9.79. The van der Waals surface area contributed by atoms with Crippen molar-refractivity contribution >= 4 is 67.0 Å². The highest BCUT2D eigenvalue weighted by Gasteiger charge is 2.36. The number of ether oxygens (including phenoxy) is 10. The van der Waals surface area contributed by atoms with Gasteiger partial charge in [-0.3, -0.25) is 9.59 Å². The van der Waals surface area contributed by atoms with Crippen molar-refractivity contribution in [3.8, 4) is 0 Å². The first-order valence-corrected chi connectivity index (χ1v) is 25.6. The lowest BCUT2D eigenvalue weighted by Gasteiger charge is -2.28. The van der Waals surface area contributed by atoms with Crippen molar-refractivity contribution in [1.82, 2.24) is 0 Å². The molecule has 0 N–H and O–H groups in total. The fourth-order valence-electron chi connectivity index (χ4n) is 7.58. The Labute approximate surface area is 448 Å². The third kappa shape index (κ3) is 20.5. The number of benzene rings is 6. The Morgan fingerprint density at radius 1 is 0.395 bits per heavy atom. The topological polar surface area (TPSA) is 161 Å². The molecule has 0 heterocycles. The van der Waals surface area contributed by atoms with Crippen LogP contribution in [0, 0.1) is 10.8 Å². The van der Waals surface area contributed by atoms with Crippen molar-refractivity contribution in [2.24, 2.45) is 10.8 Å². The van der Waals surface area contributed by atoms with Gasteiger partial charge in [-0.1, -0.05) is 110 Å². The molecule has 0 atom stereocenters. The second kappa shape index (κ2) is 32.8. The van der Waals surface area contributed by atoms with Gasteiger partial charge < -0.3 is 47.4 Å². The minimum absolute atomic E-state index is 0.171. The van der Waals surface area contributed by atoms with Crippen LogP contribution in [0.25, 0.3) is 43.1 Å². The van der Waals surface area contributed by atoms with E-state index >= 15 is 0 Å². The van der Waals surface area contributed by atoms with Gasteiger partial charge in [0.05, 0.1) is 76.9 Å². The molecule has 0 saturated carbocycles. The highest BCUT2D eigenvalue weighted by atomic mass is 16.6. The number of methoxy groups -OCH3 is 2. The summed E-state index contributed by atoms with van der Waals surface area (Å²) in [6.07, 6.45) is 0.971. The van der Waals surface area contributed by atoms with Crippen LogP contribution in [0.5, 0.6) is 0 Å². The average Bonchev–Trinajstić information content (AvgIpc) is 3.45. The molecule has 0 aliphatic heterocycles. The summed E-state index contributed by atoms with van der Waals surface area (Å²) in [6, 6.07) is 36.9. The van der Waals surface area contributed by atoms with Crippen LogP contribution in [0.2, 0.25) is 0 Å². The summed E-state index contributed by atoms with van der Waals surface area (Å²) in [5.41, 5.74) is 1.34. The van der Waals surface area contributed by atoms with Crippen LogP contribution < -0.4 is 0 Å². The number of hydrogen-bond donors (Lipinski definition) is 0. The van der Waals surface area contributed by atoms with Crippen LogP contribution in [-0.4, -0.2) is 117 Å². The zero-order valence-corrected chi connectivity index (χ0v) is 45.8. The standard InChI is InChI=1S/C32H42O7.C19H16O2.C11H20O5/c1-31(2,29(33)38-21-20-37-19-18-36-17-16-35-5)14-15-32(3,4)30(34)39-23-28-26-12-8-6-10-24(26)22-25-11-7-9-13-27(25)28;1-13(2)19(20)21-12-18-16-9-5-3-7-14(16)11-15-8-4-6-10-17(15)18;1-10(2)11(12)16-9-8-15-7-6-14-5-4-13-3/h6-13,22H,14-21,23H2,1-5H3;3-11H,1,12H2,2H3;1,4-9H2,2-3H3. The van der Waals surface area contributed by atoms with Crippen LogP contribution in [-0.2, 0) is 79.8 Å². The van der Waals surface area contributed by atoms with E-state index in [1.54, 1.807) is 28.1 Å². The van der Waals surface area contributed by atoms with E-state index in [1.807, 2.05) is 76.2 Å². The summed E-state index contributed by atoms with van der Waals surface area (Å²) in [4.78, 5) is 48.5. The van der Waals surface area contributed by atoms with Crippen molar-refractivity contribution in [1.29, 1.82) is 0 Å². The number of fused-ring (bicyclic) bond motifs is 4. The number of esters is 4. The van der Waals surface area contributed by atoms with Crippen molar-refractivity contribution in [2.45, 2.75) is 67.6 Å². The molecule has 410 valence electrons. The predicted molar refractivity (Wildman–Crippen MR) is 298 cm³/mol. The highest BCUT2D eigenvalue weighted by molar-refractivity contribution is 6.03. The second-order valence-electron chi connectivity index (χ2n) is 19.3. The highest BCUT2D eigenvalue weighted by Crippen LogP contribution is 2.35. The van der Waals surface area contributed by atoms with Crippen molar-refractivity contribution in [2.75, 3.05) is 93.5 Å². The van der Waals surface area contributed by atoms with E-state index in [-0.39, 0.29) is 50.3 Å². The van der Waals surface area contributed by atoms with E-state index in [1.165, 1.54) is 0 Å². The van der Waals surface area contributed by atoms with Crippen LogP contribution in [0.4, 0.5) is 0 Å². The Kier molecular flexibility index (Phi) is 26.8. The van der Waals surface area contributed by atoms with Gasteiger partial charge in [0.1, 0.15) is 26.4 Å². The molecule has 0 radical (unpaired) electrons. The first kappa shape index (κ1) is 62.0. The molecule has 0 spiro atoms. The molecule has 6 aromatic rings. The fraction of sp³-hybridized carbons (Fsp3) is 0.419. The molecule has 0 saturated heterocycles. The normalized spacial score (nSPS) is 11.3. The molecule has 0 bridgehead atoms. The second-order valence-corrected chi connectivity index (χ2v) is 19.3. The molecule has 14 heteroatoms. The summed E-state index contributed by atoms with van der Waals surface area (Å²) in [7, 11) is 3.24. The zero-order valence-electron chi connectivity index (χ0n) is 45.8. The quantitative estimate of drug-likeness (QED) is 0.0143. The minimum atomic E-state index is -0.760. The Bertz CT molecular complexity index is 2700. The summed E-state index contributed by atoms with van der Waals surface area (Å²) < 4.78 is 52.3. The van der Waals surface area contributed by atoms with Gasteiger partial charge >= 0.3 is 23.9 Å². The summed E-state index contributed by atoms with van der Waals surface area (Å²) in [6.45, 7) is 23.4. The maximum atomic E-state index is 13.2. The van der Waals surface area contributed by atoms with Gasteiger partial charge in [-0.15, -0.1) is 0 Å². The van der Waals surface area contributed by atoms with Gasteiger partial charge in [-0.2, -0.15) is 0 Å². The first-order chi connectivity index (χ1) is 36.5. The Morgan fingerprint density at radius 2 is 0.684 bits per heavy atom. The molecule has 6 rings (SSSR count). The van der Waals surface area contributed by atoms with E-state index in [0.717, 1.165) is 54.2 Å². The molecular formula is C62H78O14. The maximum Gasteiger partial charge on any atom is 0.333 e. The number of carbonyl (C=O) groups is 4. The first-order valence-electron chi connectivity index (χ1n) is 25.6. The largest absolute Gasteiger partial charge is 0.463 e. The number of hydrogen-bond acceptors (Lipinski definition) is 14. The molecule has 76 heavy (non-hydrogen) atoms. The third-order valence-corrected chi connectivity index (χ3v) is 12.2. The van der Waals surface area contributed by atoms with Crippen molar-refractivity contribution < 1.29 is 66.5 Å². The molecule has 0 aliphatic rings. The van der Waals surface area contributed by atoms with Gasteiger partial charge in [0.25, 0.3) is 0 Å². The monoisotopic (exact) mass is 1050 g/mol. The molecule has 0 aliphatic carbocycles. The van der Waals surface area contributed by atoms with E-state index in [9.17, 15) is 19.2 Å². The molecule has 0 amide bonds. The van der Waals surface area contributed by atoms with E-state index in [0.29, 0.717) is 90.1 Å². The van der Waals surface area contributed by atoms with E-state index in [4.69, 9.17) is 47.4 Å². The Balaban J connectivity index is 0.000000281. The summed E-state index contributed by atoms with van der Waals surface area (Å²) in [5, 5.41) is 8.92. The predicted octanol–water partition coefficient (Wildman–Crippen LogP) is 11.5. The van der Waals surface area contributed by atoms with Crippen molar-refractivity contribution in [3.63, 3.8) is 0 Å². The van der Waals surface area contributed by atoms with Gasteiger partial charge in [0.15, 0.2) is 0 Å². The van der Waals surface area contributed by atoms with Gasteiger partial charge in [-0.05, 0) is 110 Å². The van der Waals surface area contributed by atoms with Gasteiger partial charge in [0, 0.05) is 36.5 Å². The zero-order chi connectivity index (χ0) is 55.4. The van der Waals surface area contributed by atoms with Crippen LogP contribution >= 0.6 is 0 Å². The van der Waals surface area contributed by atoms with Gasteiger partial charge in [0.2, 0.25) is 0 Å². The van der Waals surface area contributed by atoms with E-state index in [2.05, 4.69) is 73.8 Å². The van der Waals surface area contributed by atoms with Crippen LogP contribution in [0.3, 0.4) is 0 Å². The summed E-state index contributed by atoms with van der Waals surface area (Å²) >= 11 is 0. The smallest absolute Gasteiger partial charge is 0.333 e. The molecule has 0 unspecified atom stereocenters. The molecular weight excluding hydrogens is 969 g/mol. The Hall–Kier alpha value is -6.52.